The van der Waals surface area contributed by atoms with E-state index in [4.69, 9.17) is 0 Å². The van der Waals surface area contributed by atoms with Gasteiger partial charge in [-0.15, -0.1) is 0 Å². The molecule has 2 aliphatic rings. The molecule has 3 heterocycles. The fourth-order valence-corrected chi connectivity index (χ4v) is 4.22. The lowest BCUT2D eigenvalue weighted by Crippen LogP contribution is -2.44. The lowest BCUT2D eigenvalue weighted by molar-refractivity contribution is 0.0924. The van der Waals surface area contributed by atoms with Crippen molar-refractivity contribution in [3.8, 4) is 0 Å². The minimum Gasteiger partial charge on any atom is -0.349 e. The number of amides is 1. The Hall–Kier alpha value is -2.33. The number of nitrogens with one attached hydrogen (secondary N) is 2. The zero-order valence-corrected chi connectivity index (χ0v) is 12.8. The molecule has 2 N–H and O–H groups in total. The number of para-hydroxylation sites is 1. The van der Waals surface area contributed by atoms with E-state index >= 15 is 0 Å². The number of piperidine rings is 1. The van der Waals surface area contributed by atoms with Gasteiger partial charge >= 0.3 is 0 Å². The van der Waals surface area contributed by atoms with Gasteiger partial charge in [-0.2, -0.15) is 0 Å². The Morgan fingerprint density at radius 1 is 1.17 bits per heavy atom. The van der Waals surface area contributed by atoms with E-state index in [-0.39, 0.29) is 5.91 Å². The first-order valence-corrected chi connectivity index (χ1v) is 8.32. The van der Waals surface area contributed by atoms with Gasteiger partial charge in [0.1, 0.15) is 0 Å². The summed E-state index contributed by atoms with van der Waals surface area (Å²) in [5, 5.41) is 7.92. The molecular weight excluding hydrogens is 286 g/mol. The largest absolute Gasteiger partial charge is 0.349 e. The van der Waals surface area contributed by atoms with E-state index in [1.54, 1.807) is 0 Å². The summed E-state index contributed by atoms with van der Waals surface area (Å²) >= 11 is 0. The first kappa shape index (κ1) is 13.1. The van der Waals surface area contributed by atoms with Gasteiger partial charge < -0.3 is 15.0 Å². The van der Waals surface area contributed by atoms with E-state index in [0.29, 0.717) is 18.0 Å². The lowest BCUT2D eigenvalue weighted by atomic mass is 10.0. The van der Waals surface area contributed by atoms with E-state index in [1.807, 2.05) is 30.5 Å². The monoisotopic (exact) mass is 305 g/mol. The summed E-state index contributed by atoms with van der Waals surface area (Å²) < 4.78 is 2.10. The highest BCUT2D eigenvalue weighted by atomic mass is 16.1. The second kappa shape index (κ2) is 4.83. The highest BCUT2D eigenvalue weighted by Gasteiger charge is 2.40. The van der Waals surface area contributed by atoms with Crippen molar-refractivity contribution in [2.75, 3.05) is 6.54 Å². The third kappa shape index (κ3) is 2.05. The van der Waals surface area contributed by atoms with Gasteiger partial charge in [0, 0.05) is 35.7 Å². The molecule has 2 fully saturated rings. The van der Waals surface area contributed by atoms with Crippen LogP contribution in [0, 0.1) is 5.92 Å². The second-order valence-corrected chi connectivity index (χ2v) is 6.83. The molecule has 1 amide bonds. The first-order valence-electron chi connectivity index (χ1n) is 8.32. The summed E-state index contributed by atoms with van der Waals surface area (Å²) in [5.74, 6) is 0.641. The number of carbonyl (C=O) groups is 1. The topological polar surface area (TPSA) is 45.5 Å². The highest BCUT2D eigenvalue weighted by Crippen LogP contribution is 2.31. The number of benzene rings is 1. The van der Waals surface area contributed by atoms with Crippen LogP contribution in [0.15, 0.2) is 48.7 Å². The Kier molecular flexibility index (Phi) is 2.76. The maximum absolute atomic E-state index is 12.6. The van der Waals surface area contributed by atoms with Crippen LogP contribution < -0.4 is 10.6 Å². The quantitative estimate of drug-likeness (QED) is 0.764. The van der Waals surface area contributed by atoms with Crippen LogP contribution in [0.25, 0.3) is 16.4 Å². The SMILES string of the molecule is O=C(NC1CC2CC1CN2)c1ccc2cc3ccccc3n2c1. The molecule has 4 nitrogen and oxygen atoms in total. The molecule has 1 saturated heterocycles. The van der Waals surface area contributed by atoms with Gasteiger partial charge in [0.15, 0.2) is 0 Å². The van der Waals surface area contributed by atoms with E-state index in [2.05, 4.69) is 33.2 Å². The number of hydrogen-bond acceptors (Lipinski definition) is 2. The number of pyridine rings is 1. The van der Waals surface area contributed by atoms with Crippen molar-refractivity contribution in [1.29, 1.82) is 0 Å². The fourth-order valence-electron chi connectivity index (χ4n) is 4.22. The molecule has 2 aromatic heterocycles. The summed E-state index contributed by atoms with van der Waals surface area (Å²) in [6.45, 7) is 1.04. The van der Waals surface area contributed by atoms with Crippen LogP contribution in [0.5, 0.6) is 0 Å². The summed E-state index contributed by atoms with van der Waals surface area (Å²) in [6, 6.07) is 15.3. The molecule has 2 bridgehead atoms. The van der Waals surface area contributed by atoms with Gasteiger partial charge in [-0.1, -0.05) is 18.2 Å². The molecule has 1 aromatic carbocycles. The average molecular weight is 305 g/mol. The Labute approximate surface area is 134 Å². The smallest absolute Gasteiger partial charge is 0.253 e. The molecule has 116 valence electrons. The Balaban J connectivity index is 1.47. The molecule has 1 saturated carbocycles. The Morgan fingerprint density at radius 3 is 2.91 bits per heavy atom. The highest BCUT2D eigenvalue weighted by molar-refractivity contribution is 5.96. The lowest BCUT2D eigenvalue weighted by Gasteiger charge is -2.23. The zero-order chi connectivity index (χ0) is 15.4. The number of fused-ring (bicyclic) bond motifs is 5. The molecular formula is C19H19N3O. The van der Waals surface area contributed by atoms with Crippen LogP contribution in [0.4, 0.5) is 0 Å². The minimum absolute atomic E-state index is 0.0437. The number of aromatic nitrogens is 1. The average Bonchev–Trinajstić information content (AvgIpc) is 3.27. The minimum atomic E-state index is 0.0437. The summed E-state index contributed by atoms with van der Waals surface area (Å²) in [6.07, 6.45) is 4.22. The Morgan fingerprint density at radius 2 is 2.09 bits per heavy atom. The first-order chi connectivity index (χ1) is 11.3. The van der Waals surface area contributed by atoms with Crippen molar-refractivity contribution in [1.82, 2.24) is 15.0 Å². The fraction of sp³-hybridized carbons (Fsp3) is 0.316. The van der Waals surface area contributed by atoms with Crippen LogP contribution in [-0.4, -0.2) is 28.9 Å². The van der Waals surface area contributed by atoms with Crippen molar-refractivity contribution in [2.24, 2.45) is 5.92 Å². The molecule has 0 radical (unpaired) electrons. The van der Waals surface area contributed by atoms with E-state index < -0.39 is 0 Å². The molecule has 3 unspecified atom stereocenters. The maximum Gasteiger partial charge on any atom is 0.253 e. The van der Waals surface area contributed by atoms with E-state index in [1.165, 1.54) is 11.8 Å². The van der Waals surface area contributed by atoms with Crippen LogP contribution in [0.3, 0.4) is 0 Å². The molecule has 1 aliphatic heterocycles. The third-order valence-electron chi connectivity index (χ3n) is 5.42. The van der Waals surface area contributed by atoms with Crippen molar-refractivity contribution in [3.05, 3.63) is 54.2 Å². The summed E-state index contributed by atoms with van der Waals surface area (Å²) in [7, 11) is 0. The summed E-state index contributed by atoms with van der Waals surface area (Å²) in [4.78, 5) is 12.6. The molecule has 3 aromatic rings. The van der Waals surface area contributed by atoms with Crippen LogP contribution in [0.1, 0.15) is 23.2 Å². The van der Waals surface area contributed by atoms with Crippen molar-refractivity contribution in [2.45, 2.75) is 24.9 Å². The number of carbonyl (C=O) groups excluding carboxylic acids is 1. The molecule has 4 heteroatoms. The number of rotatable bonds is 2. The van der Waals surface area contributed by atoms with E-state index in [9.17, 15) is 4.79 Å². The van der Waals surface area contributed by atoms with E-state index in [0.717, 1.165) is 29.6 Å². The van der Waals surface area contributed by atoms with Crippen LogP contribution in [0.2, 0.25) is 0 Å². The van der Waals surface area contributed by atoms with Crippen LogP contribution >= 0.6 is 0 Å². The molecule has 0 spiro atoms. The van der Waals surface area contributed by atoms with Crippen molar-refractivity contribution < 1.29 is 4.79 Å². The van der Waals surface area contributed by atoms with Gasteiger partial charge in [0.05, 0.1) is 11.1 Å². The number of nitrogens with zero attached hydrogens (tertiary/aromatic N) is 1. The van der Waals surface area contributed by atoms with Gasteiger partial charge in [-0.05, 0) is 43.0 Å². The normalized spacial score (nSPS) is 26.2. The Bertz CT molecular complexity index is 913. The molecule has 1 aliphatic carbocycles. The molecule has 5 rings (SSSR count). The van der Waals surface area contributed by atoms with Crippen molar-refractivity contribution >= 4 is 22.3 Å². The maximum atomic E-state index is 12.6. The predicted molar refractivity (Wildman–Crippen MR) is 90.7 cm³/mol. The van der Waals surface area contributed by atoms with Crippen molar-refractivity contribution in [3.63, 3.8) is 0 Å². The summed E-state index contributed by atoms with van der Waals surface area (Å²) in [5.41, 5.74) is 2.99. The molecule has 3 atom stereocenters. The number of hydrogen-bond donors (Lipinski definition) is 2. The van der Waals surface area contributed by atoms with Gasteiger partial charge in [-0.25, -0.2) is 0 Å². The van der Waals surface area contributed by atoms with Gasteiger partial charge in [0.25, 0.3) is 5.91 Å². The van der Waals surface area contributed by atoms with Crippen LogP contribution in [-0.2, 0) is 0 Å². The molecule has 23 heavy (non-hydrogen) atoms. The zero-order valence-electron chi connectivity index (χ0n) is 12.8. The van der Waals surface area contributed by atoms with Gasteiger partial charge in [-0.3, -0.25) is 4.79 Å². The predicted octanol–water partition coefficient (Wildman–Crippen LogP) is 2.57. The van der Waals surface area contributed by atoms with Gasteiger partial charge in [0.2, 0.25) is 0 Å². The third-order valence-corrected chi connectivity index (χ3v) is 5.42. The second-order valence-electron chi connectivity index (χ2n) is 6.83. The standard InChI is InChI=1S/C19H19N3O/c23-19(21-17-9-15-7-14(17)10-20-15)13-5-6-16-8-12-3-1-2-4-18(12)22(16)11-13/h1-6,8,11,14-15,17,20H,7,9-10H2,(H,21,23).